The smallest absolute Gasteiger partial charge is 0.136 e. The molecule has 13 heavy (non-hydrogen) atoms. The summed E-state index contributed by atoms with van der Waals surface area (Å²) in [7, 11) is 0. The van der Waals surface area contributed by atoms with Gasteiger partial charge in [-0.2, -0.15) is 0 Å². The third kappa shape index (κ3) is 3.93. The molecule has 1 nitrogen and oxygen atoms in total. The Morgan fingerprint density at radius 2 is 1.69 bits per heavy atom. The summed E-state index contributed by atoms with van der Waals surface area (Å²) in [5, 5.41) is 0. The SMILES string of the molecule is CC(C)(C)CC(=O)C1CCCCC1. The van der Waals surface area contributed by atoms with Crippen LogP contribution in [0.15, 0.2) is 0 Å². The van der Waals surface area contributed by atoms with E-state index in [0.29, 0.717) is 11.7 Å². The highest BCUT2D eigenvalue weighted by Gasteiger charge is 2.24. The van der Waals surface area contributed by atoms with E-state index in [4.69, 9.17) is 0 Å². The quantitative estimate of drug-likeness (QED) is 0.638. The molecule has 0 aliphatic heterocycles. The lowest BCUT2D eigenvalue weighted by Crippen LogP contribution is -2.22. The Morgan fingerprint density at radius 3 is 2.15 bits per heavy atom. The van der Waals surface area contributed by atoms with E-state index in [9.17, 15) is 4.79 Å². The summed E-state index contributed by atoms with van der Waals surface area (Å²) in [6, 6.07) is 0. The van der Waals surface area contributed by atoms with Gasteiger partial charge < -0.3 is 0 Å². The number of rotatable bonds is 2. The van der Waals surface area contributed by atoms with Gasteiger partial charge in [-0.1, -0.05) is 40.0 Å². The van der Waals surface area contributed by atoms with Gasteiger partial charge in [0.1, 0.15) is 5.78 Å². The molecular formula is C12H22O. The van der Waals surface area contributed by atoms with Crippen molar-refractivity contribution in [2.24, 2.45) is 11.3 Å². The lowest BCUT2D eigenvalue weighted by molar-refractivity contribution is -0.125. The van der Waals surface area contributed by atoms with E-state index in [2.05, 4.69) is 20.8 Å². The molecule has 1 rings (SSSR count). The highest BCUT2D eigenvalue weighted by Crippen LogP contribution is 2.29. The van der Waals surface area contributed by atoms with E-state index >= 15 is 0 Å². The first kappa shape index (κ1) is 10.7. The van der Waals surface area contributed by atoms with Crippen LogP contribution in [0.3, 0.4) is 0 Å². The van der Waals surface area contributed by atoms with Crippen LogP contribution >= 0.6 is 0 Å². The van der Waals surface area contributed by atoms with Crippen LogP contribution in [0.5, 0.6) is 0 Å². The van der Waals surface area contributed by atoms with Crippen molar-refractivity contribution < 1.29 is 4.79 Å². The lowest BCUT2D eigenvalue weighted by Gasteiger charge is -2.24. The van der Waals surface area contributed by atoms with E-state index in [1.165, 1.54) is 19.3 Å². The van der Waals surface area contributed by atoms with Crippen molar-refractivity contribution in [3.8, 4) is 0 Å². The Hall–Kier alpha value is -0.330. The van der Waals surface area contributed by atoms with Crippen LogP contribution in [0.2, 0.25) is 0 Å². The largest absolute Gasteiger partial charge is 0.299 e. The molecule has 0 aromatic heterocycles. The van der Waals surface area contributed by atoms with Crippen molar-refractivity contribution in [2.75, 3.05) is 0 Å². The number of ketones is 1. The molecule has 0 heterocycles. The molecule has 0 aromatic carbocycles. The monoisotopic (exact) mass is 182 g/mol. The van der Waals surface area contributed by atoms with Crippen LogP contribution in [-0.2, 0) is 4.79 Å². The zero-order valence-corrected chi connectivity index (χ0v) is 9.23. The molecule has 0 spiro atoms. The predicted octanol–water partition coefficient (Wildman–Crippen LogP) is 3.57. The van der Waals surface area contributed by atoms with E-state index in [-0.39, 0.29) is 5.41 Å². The minimum atomic E-state index is 0.175. The first-order chi connectivity index (χ1) is 5.99. The molecule has 1 aliphatic carbocycles. The average molecular weight is 182 g/mol. The normalized spacial score (nSPS) is 20.2. The van der Waals surface area contributed by atoms with E-state index in [1.54, 1.807) is 0 Å². The minimum Gasteiger partial charge on any atom is -0.299 e. The van der Waals surface area contributed by atoms with Crippen LogP contribution in [0.4, 0.5) is 0 Å². The van der Waals surface area contributed by atoms with Gasteiger partial charge in [0.2, 0.25) is 0 Å². The van der Waals surface area contributed by atoms with Crippen molar-refractivity contribution in [1.29, 1.82) is 0 Å². The summed E-state index contributed by atoms with van der Waals surface area (Å²) >= 11 is 0. The molecule has 0 amide bonds. The first-order valence-corrected chi connectivity index (χ1v) is 5.52. The van der Waals surface area contributed by atoms with Gasteiger partial charge in [0.15, 0.2) is 0 Å². The van der Waals surface area contributed by atoms with Crippen molar-refractivity contribution >= 4 is 5.78 Å². The summed E-state index contributed by atoms with van der Waals surface area (Å²) < 4.78 is 0. The van der Waals surface area contributed by atoms with Crippen LogP contribution < -0.4 is 0 Å². The van der Waals surface area contributed by atoms with Gasteiger partial charge in [-0.15, -0.1) is 0 Å². The maximum absolute atomic E-state index is 11.8. The second-order valence-corrected chi connectivity index (χ2v) is 5.54. The predicted molar refractivity (Wildman–Crippen MR) is 55.7 cm³/mol. The molecule has 0 aromatic rings. The Morgan fingerprint density at radius 1 is 1.15 bits per heavy atom. The first-order valence-electron chi connectivity index (χ1n) is 5.52. The van der Waals surface area contributed by atoms with Crippen LogP contribution in [-0.4, -0.2) is 5.78 Å². The van der Waals surface area contributed by atoms with E-state index in [0.717, 1.165) is 19.3 Å². The molecule has 0 unspecified atom stereocenters. The minimum absolute atomic E-state index is 0.175. The van der Waals surface area contributed by atoms with Gasteiger partial charge in [-0.05, 0) is 18.3 Å². The maximum atomic E-state index is 11.8. The number of hydrogen-bond donors (Lipinski definition) is 0. The maximum Gasteiger partial charge on any atom is 0.136 e. The molecule has 0 N–H and O–H groups in total. The van der Waals surface area contributed by atoms with Crippen LogP contribution in [0.25, 0.3) is 0 Å². The van der Waals surface area contributed by atoms with Crippen molar-refractivity contribution in [2.45, 2.75) is 59.3 Å². The molecular weight excluding hydrogens is 160 g/mol. The van der Waals surface area contributed by atoms with Crippen molar-refractivity contribution in [3.05, 3.63) is 0 Å². The Balaban J connectivity index is 2.38. The van der Waals surface area contributed by atoms with Gasteiger partial charge in [0.25, 0.3) is 0 Å². The fraction of sp³-hybridized carbons (Fsp3) is 0.917. The van der Waals surface area contributed by atoms with Crippen molar-refractivity contribution in [3.63, 3.8) is 0 Å². The van der Waals surface area contributed by atoms with Gasteiger partial charge in [-0.3, -0.25) is 4.79 Å². The highest BCUT2D eigenvalue weighted by molar-refractivity contribution is 5.81. The molecule has 0 bridgehead atoms. The van der Waals surface area contributed by atoms with Crippen LogP contribution in [0.1, 0.15) is 59.3 Å². The Labute approximate surface area is 81.9 Å². The third-order valence-corrected chi connectivity index (χ3v) is 2.77. The standard InChI is InChI=1S/C12H22O/c1-12(2,3)9-11(13)10-7-5-4-6-8-10/h10H,4-9H2,1-3H3. The fourth-order valence-electron chi connectivity index (χ4n) is 2.09. The molecule has 1 aliphatic rings. The molecule has 1 fully saturated rings. The number of carbonyl (C=O) groups is 1. The number of carbonyl (C=O) groups excluding carboxylic acids is 1. The Bertz CT molecular complexity index is 170. The molecule has 1 heteroatoms. The van der Waals surface area contributed by atoms with Gasteiger partial charge >= 0.3 is 0 Å². The van der Waals surface area contributed by atoms with Gasteiger partial charge in [0.05, 0.1) is 0 Å². The molecule has 1 saturated carbocycles. The summed E-state index contributed by atoms with van der Waals surface area (Å²) in [6.07, 6.45) is 6.92. The highest BCUT2D eigenvalue weighted by atomic mass is 16.1. The topological polar surface area (TPSA) is 17.1 Å². The Kier molecular flexibility index (Phi) is 3.52. The third-order valence-electron chi connectivity index (χ3n) is 2.77. The molecule has 0 saturated heterocycles. The van der Waals surface area contributed by atoms with Crippen LogP contribution in [0, 0.1) is 11.3 Å². The lowest BCUT2D eigenvalue weighted by atomic mass is 9.80. The number of Topliss-reactive ketones (excluding diaryl/α,β-unsaturated/α-hetero) is 1. The molecule has 0 radical (unpaired) electrons. The fourth-order valence-corrected chi connectivity index (χ4v) is 2.09. The van der Waals surface area contributed by atoms with Crippen molar-refractivity contribution in [1.82, 2.24) is 0 Å². The van der Waals surface area contributed by atoms with E-state index in [1.807, 2.05) is 0 Å². The zero-order chi connectivity index (χ0) is 9.90. The molecule has 0 atom stereocenters. The number of hydrogen-bond acceptors (Lipinski definition) is 1. The summed E-state index contributed by atoms with van der Waals surface area (Å²) in [5.74, 6) is 0.903. The molecule has 76 valence electrons. The zero-order valence-electron chi connectivity index (χ0n) is 9.23. The average Bonchev–Trinajstić information content (AvgIpc) is 2.03. The second kappa shape index (κ2) is 4.26. The summed E-state index contributed by atoms with van der Waals surface area (Å²) in [5.41, 5.74) is 0.175. The summed E-state index contributed by atoms with van der Waals surface area (Å²) in [6.45, 7) is 6.44. The summed E-state index contributed by atoms with van der Waals surface area (Å²) in [4.78, 5) is 11.8. The second-order valence-electron chi connectivity index (χ2n) is 5.54. The van der Waals surface area contributed by atoms with E-state index < -0.39 is 0 Å². The van der Waals surface area contributed by atoms with Gasteiger partial charge in [-0.25, -0.2) is 0 Å². The van der Waals surface area contributed by atoms with Gasteiger partial charge in [0, 0.05) is 12.3 Å².